The predicted molar refractivity (Wildman–Crippen MR) is 136 cm³/mol. The summed E-state index contributed by atoms with van der Waals surface area (Å²) in [5, 5.41) is 6.25. The van der Waals surface area contributed by atoms with Crippen molar-refractivity contribution in [2.75, 3.05) is 23.6 Å². The molecule has 2 N–H and O–H groups in total. The van der Waals surface area contributed by atoms with Gasteiger partial charge in [0.25, 0.3) is 0 Å². The van der Waals surface area contributed by atoms with Crippen molar-refractivity contribution in [2.45, 2.75) is 38.1 Å². The Morgan fingerprint density at radius 1 is 0.970 bits per heavy atom. The second kappa shape index (κ2) is 12.4. The molecule has 0 aliphatic carbocycles. The zero-order valence-corrected chi connectivity index (χ0v) is 19.7. The molecule has 6 heteroatoms. The van der Waals surface area contributed by atoms with Crippen LogP contribution in [0.4, 0.5) is 5.69 Å². The number of nitrogens with zero attached hydrogens (tertiary/aromatic N) is 1. The molecule has 1 aliphatic rings. The highest BCUT2D eigenvalue weighted by molar-refractivity contribution is 7.99. The predicted octanol–water partition coefficient (Wildman–Crippen LogP) is 4.87. The minimum atomic E-state index is -0.131. The summed E-state index contributed by atoms with van der Waals surface area (Å²) in [5.74, 6) is 2.56. The van der Waals surface area contributed by atoms with E-state index in [1.54, 1.807) is 18.0 Å². The van der Waals surface area contributed by atoms with E-state index in [1.165, 1.54) is 11.1 Å². The lowest BCUT2D eigenvalue weighted by Crippen LogP contribution is -2.37. The second-order valence-corrected chi connectivity index (χ2v) is 9.22. The van der Waals surface area contributed by atoms with Crippen molar-refractivity contribution in [3.05, 3.63) is 89.7 Å². The molecular weight excluding hydrogens is 430 g/mol. The molecule has 33 heavy (non-hydrogen) atoms. The zero-order valence-electron chi connectivity index (χ0n) is 18.8. The molecule has 1 fully saturated rings. The number of nitrogens with one attached hydrogen (secondary N) is 2. The SMILES string of the molecule is O=C(Nc1cccnc1CCc1ccc(OCCCCc2ccccc2)cc1)C1CSCN1. The van der Waals surface area contributed by atoms with E-state index in [9.17, 15) is 4.79 Å². The van der Waals surface area contributed by atoms with Gasteiger partial charge in [-0.25, -0.2) is 0 Å². The molecule has 1 unspecified atom stereocenters. The summed E-state index contributed by atoms with van der Waals surface area (Å²) in [7, 11) is 0. The number of benzene rings is 2. The average molecular weight is 462 g/mol. The van der Waals surface area contributed by atoms with Gasteiger partial charge in [-0.2, -0.15) is 0 Å². The number of aryl methyl sites for hydroxylation is 3. The van der Waals surface area contributed by atoms with Gasteiger partial charge < -0.3 is 10.1 Å². The number of pyridine rings is 1. The van der Waals surface area contributed by atoms with E-state index in [0.29, 0.717) is 0 Å². The average Bonchev–Trinajstić information content (AvgIpc) is 3.40. The molecule has 1 saturated heterocycles. The second-order valence-electron chi connectivity index (χ2n) is 8.19. The summed E-state index contributed by atoms with van der Waals surface area (Å²) in [5.41, 5.74) is 4.32. The van der Waals surface area contributed by atoms with Crippen LogP contribution in [0.15, 0.2) is 72.9 Å². The van der Waals surface area contributed by atoms with Crippen LogP contribution in [0.2, 0.25) is 0 Å². The minimum Gasteiger partial charge on any atom is -0.494 e. The van der Waals surface area contributed by atoms with Crippen molar-refractivity contribution < 1.29 is 9.53 Å². The Morgan fingerprint density at radius 2 is 1.79 bits per heavy atom. The highest BCUT2D eigenvalue weighted by Gasteiger charge is 2.23. The molecule has 5 nitrogen and oxygen atoms in total. The zero-order chi connectivity index (χ0) is 22.7. The Balaban J connectivity index is 1.20. The summed E-state index contributed by atoms with van der Waals surface area (Å²) in [6, 6.07) is 22.5. The van der Waals surface area contributed by atoms with E-state index in [1.807, 2.05) is 24.3 Å². The number of aromatic nitrogens is 1. The summed E-state index contributed by atoms with van der Waals surface area (Å²) >= 11 is 1.74. The number of hydrogen-bond acceptors (Lipinski definition) is 5. The molecule has 3 aromatic rings. The Kier molecular flexibility index (Phi) is 8.78. The monoisotopic (exact) mass is 461 g/mol. The van der Waals surface area contributed by atoms with Gasteiger partial charge in [-0.3, -0.25) is 15.1 Å². The van der Waals surface area contributed by atoms with Gasteiger partial charge in [0.1, 0.15) is 5.75 Å². The molecule has 4 rings (SSSR count). The van der Waals surface area contributed by atoms with Gasteiger partial charge in [0.05, 0.1) is 24.0 Å². The first-order valence-corrected chi connectivity index (χ1v) is 12.7. The lowest BCUT2D eigenvalue weighted by molar-refractivity contribution is -0.117. The largest absolute Gasteiger partial charge is 0.494 e. The minimum absolute atomic E-state index is 0.0134. The normalized spacial score (nSPS) is 15.3. The molecule has 172 valence electrons. The summed E-state index contributed by atoms with van der Waals surface area (Å²) in [4.78, 5) is 17.0. The quantitative estimate of drug-likeness (QED) is 0.399. The lowest BCUT2D eigenvalue weighted by atomic mass is 10.1. The molecule has 0 bridgehead atoms. The number of carbonyl (C=O) groups excluding carboxylic acids is 1. The van der Waals surface area contributed by atoms with Gasteiger partial charge in [-0.1, -0.05) is 42.5 Å². The number of unbranched alkanes of at least 4 members (excludes halogenated alkanes) is 1. The number of hydrogen-bond donors (Lipinski definition) is 2. The maximum atomic E-state index is 12.4. The fraction of sp³-hybridized carbons (Fsp3) is 0.333. The van der Waals surface area contributed by atoms with Crippen LogP contribution < -0.4 is 15.4 Å². The van der Waals surface area contributed by atoms with E-state index >= 15 is 0 Å². The topological polar surface area (TPSA) is 63.2 Å². The van der Waals surface area contributed by atoms with Crippen molar-refractivity contribution in [2.24, 2.45) is 0 Å². The Labute approximate surface area is 200 Å². The third kappa shape index (κ3) is 7.34. The Bertz CT molecular complexity index is 1010. The van der Waals surface area contributed by atoms with Crippen molar-refractivity contribution in [1.82, 2.24) is 10.3 Å². The van der Waals surface area contributed by atoms with Gasteiger partial charge in [-0.05, 0) is 67.5 Å². The lowest BCUT2D eigenvalue weighted by Gasteiger charge is -2.13. The number of ether oxygens (including phenoxy) is 1. The number of rotatable bonds is 11. The molecular formula is C27H31N3O2S. The standard InChI is InChI=1S/C27H31N3O2S/c31-27(26-19-33-20-29-26)30-25-10-6-17-28-24(25)16-13-22-11-14-23(15-12-22)32-18-5-4-9-21-7-2-1-3-8-21/h1-3,6-8,10-12,14-15,17,26,29H,4-5,9,13,16,18-20H2,(H,30,31). The molecule has 2 aromatic carbocycles. The first kappa shape index (κ1) is 23.3. The molecule has 1 aliphatic heterocycles. The maximum absolute atomic E-state index is 12.4. The number of amides is 1. The van der Waals surface area contributed by atoms with Crippen LogP contribution in [0.5, 0.6) is 5.75 Å². The van der Waals surface area contributed by atoms with E-state index in [4.69, 9.17) is 4.74 Å². The van der Waals surface area contributed by atoms with Crippen LogP contribution in [0.25, 0.3) is 0 Å². The van der Waals surface area contributed by atoms with E-state index in [2.05, 4.69) is 58.1 Å². The molecule has 2 heterocycles. The van der Waals surface area contributed by atoms with Crippen LogP contribution in [-0.2, 0) is 24.1 Å². The summed E-state index contributed by atoms with van der Waals surface area (Å²) in [6.07, 6.45) is 6.66. The van der Waals surface area contributed by atoms with Crippen LogP contribution in [0, 0.1) is 0 Å². The summed E-state index contributed by atoms with van der Waals surface area (Å²) < 4.78 is 5.91. The Morgan fingerprint density at radius 3 is 2.58 bits per heavy atom. The number of carbonyl (C=O) groups is 1. The van der Waals surface area contributed by atoms with Crippen LogP contribution in [0.1, 0.15) is 29.7 Å². The van der Waals surface area contributed by atoms with Crippen LogP contribution in [-0.4, -0.2) is 35.2 Å². The third-order valence-corrected chi connectivity index (χ3v) is 6.67. The molecule has 1 atom stereocenters. The highest BCUT2D eigenvalue weighted by Crippen LogP contribution is 2.19. The molecule has 0 radical (unpaired) electrons. The number of thioether (sulfide) groups is 1. The van der Waals surface area contributed by atoms with Crippen LogP contribution >= 0.6 is 11.8 Å². The van der Waals surface area contributed by atoms with Gasteiger partial charge in [0.2, 0.25) is 5.91 Å². The molecule has 1 amide bonds. The maximum Gasteiger partial charge on any atom is 0.242 e. The van der Waals surface area contributed by atoms with Crippen molar-refractivity contribution in [3.63, 3.8) is 0 Å². The van der Waals surface area contributed by atoms with E-state index < -0.39 is 0 Å². The number of anilines is 1. The van der Waals surface area contributed by atoms with E-state index in [-0.39, 0.29) is 11.9 Å². The van der Waals surface area contributed by atoms with E-state index in [0.717, 1.165) is 67.5 Å². The fourth-order valence-electron chi connectivity index (χ4n) is 3.82. The third-order valence-electron chi connectivity index (χ3n) is 5.73. The molecule has 0 saturated carbocycles. The first-order chi connectivity index (χ1) is 16.3. The van der Waals surface area contributed by atoms with Crippen molar-refractivity contribution >= 4 is 23.4 Å². The van der Waals surface area contributed by atoms with Crippen molar-refractivity contribution in [3.8, 4) is 5.75 Å². The smallest absolute Gasteiger partial charge is 0.242 e. The van der Waals surface area contributed by atoms with Gasteiger partial charge >= 0.3 is 0 Å². The van der Waals surface area contributed by atoms with Gasteiger partial charge in [-0.15, -0.1) is 11.8 Å². The van der Waals surface area contributed by atoms with Gasteiger partial charge in [0.15, 0.2) is 0 Å². The Hall–Kier alpha value is -2.83. The first-order valence-electron chi connectivity index (χ1n) is 11.6. The van der Waals surface area contributed by atoms with Gasteiger partial charge in [0, 0.05) is 17.8 Å². The van der Waals surface area contributed by atoms with Crippen LogP contribution in [0.3, 0.4) is 0 Å². The van der Waals surface area contributed by atoms with Crippen molar-refractivity contribution in [1.29, 1.82) is 0 Å². The summed E-state index contributed by atoms with van der Waals surface area (Å²) in [6.45, 7) is 0.734. The molecule has 0 spiro atoms. The molecule has 1 aromatic heterocycles. The highest BCUT2D eigenvalue weighted by atomic mass is 32.2. The fourth-order valence-corrected chi connectivity index (χ4v) is 4.76.